The van der Waals surface area contributed by atoms with Gasteiger partial charge in [-0.2, -0.15) is 0 Å². The zero-order valence-electron chi connectivity index (χ0n) is 8.14. The van der Waals surface area contributed by atoms with E-state index in [4.69, 9.17) is 0 Å². The van der Waals surface area contributed by atoms with Crippen LogP contribution in [0, 0.1) is 0 Å². The fourth-order valence-corrected chi connectivity index (χ4v) is 2.93. The average Bonchev–Trinajstić information content (AvgIpc) is 2.54. The third kappa shape index (κ3) is 3.41. The zero-order chi connectivity index (χ0) is 9.68. The fraction of sp³-hybridized carbons (Fsp3) is 0.600. The van der Waals surface area contributed by atoms with Crippen LogP contribution in [0.3, 0.4) is 0 Å². The maximum atomic E-state index is 3.55. The largest absolute Gasteiger partial charge is 0.317 e. The van der Waals surface area contributed by atoms with Crippen LogP contribution < -0.4 is 5.32 Å². The lowest BCUT2D eigenvalue weighted by Crippen LogP contribution is -2.24. The first-order valence-electron chi connectivity index (χ1n) is 4.67. The Balaban J connectivity index is 2.38. The summed E-state index contributed by atoms with van der Waals surface area (Å²) in [4.78, 5) is 1.47. The molecule has 1 unspecified atom stereocenters. The summed E-state index contributed by atoms with van der Waals surface area (Å²) in [5.41, 5.74) is 0. The van der Waals surface area contributed by atoms with Crippen LogP contribution >= 0.6 is 27.3 Å². The summed E-state index contributed by atoms with van der Waals surface area (Å²) in [6.45, 7) is 2.23. The van der Waals surface area contributed by atoms with Gasteiger partial charge in [-0.1, -0.05) is 6.92 Å². The van der Waals surface area contributed by atoms with Crippen LogP contribution in [0.2, 0.25) is 0 Å². The molecule has 0 spiro atoms. The lowest BCUT2D eigenvalue weighted by atomic mass is 10.1. The normalized spacial score (nSPS) is 13.2. The first kappa shape index (κ1) is 11.2. The Hall–Kier alpha value is 0.140. The molecule has 3 heteroatoms. The Morgan fingerprint density at radius 3 is 2.85 bits per heavy atom. The molecule has 1 N–H and O–H groups in total. The molecule has 74 valence electrons. The van der Waals surface area contributed by atoms with Gasteiger partial charge >= 0.3 is 0 Å². The third-order valence-corrected chi connectivity index (χ3v) is 4.30. The van der Waals surface area contributed by atoms with Crippen molar-refractivity contribution in [3.63, 3.8) is 0 Å². The highest BCUT2D eigenvalue weighted by Gasteiger charge is 2.06. The lowest BCUT2D eigenvalue weighted by Gasteiger charge is -2.12. The van der Waals surface area contributed by atoms with E-state index in [0.717, 1.165) is 0 Å². The van der Waals surface area contributed by atoms with Gasteiger partial charge in [0.1, 0.15) is 0 Å². The molecule has 0 aliphatic carbocycles. The van der Waals surface area contributed by atoms with Gasteiger partial charge in [-0.15, -0.1) is 11.3 Å². The highest BCUT2D eigenvalue weighted by Crippen LogP contribution is 2.24. The number of hydrogen-bond donors (Lipinski definition) is 1. The zero-order valence-corrected chi connectivity index (χ0v) is 10.5. The molecule has 0 saturated heterocycles. The summed E-state index contributed by atoms with van der Waals surface area (Å²) < 4.78 is 1.27. The molecule has 1 atom stereocenters. The molecule has 13 heavy (non-hydrogen) atoms. The minimum absolute atomic E-state index is 0.661. The van der Waals surface area contributed by atoms with Crippen molar-refractivity contribution in [3.05, 3.63) is 20.8 Å². The van der Waals surface area contributed by atoms with E-state index in [9.17, 15) is 0 Å². The highest BCUT2D eigenvalue weighted by atomic mass is 79.9. The monoisotopic (exact) mass is 261 g/mol. The van der Waals surface area contributed by atoms with Crippen LogP contribution in [-0.2, 0) is 6.42 Å². The lowest BCUT2D eigenvalue weighted by molar-refractivity contribution is 0.510. The van der Waals surface area contributed by atoms with Crippen LogP contribution in [0.5, 0.6) is 0 Å². The quantitative estimate of drug-likeness (QED) is 0.857. The molecule has 1 nitrogen and oxygen atoms in total. The van der Waals surface area contributed by atoms with Gasteiger partial charge < -0.3 is 5.32 Å². The molecule has 0 bridgehead atoms. The van der Waals surface area contributed by atoms with Gasteiger partial charge in [-0.25, -0.2) is 0 Å². The molecule has 0 aliphatic rings. The highest BCUT2D eigenvalue weighted by molar-refractivity contribution is 9.10. The van der Waals surface area contributed by atoms with Gasteiger partial charge in [0, 0.05) is 15.4 Å². The van der Waals surface area contributed by atoms with Gasteiger partial charge in [-0.05, 0) is 53.7 Å². The van der Waals surface area contributed by atoms with Crippen molar-refractivity contribution in [1.29, 1.82) is 0 Å². The number of hydrogen-bond acceptors (Lipinski definition) is 2. The fourth-order valence-electron chi connectivity index (χ4n) is 1.36. The van der Waals surface area contributed by atoms with Crippen molar-refractivity contribution in [3.8, 4) is 0 Å². The smallest absolute Gasteiger partial charge is 0.0314 e. The predicted octanol–water partition coefficient (Wildman–Crippen LogP) is 3.44. The molecule has 0 aliphatic heterocycles. The molecule has 1 rings (SSSR count). The molecule has 0 radical (unpaired) electrons. The second kappa shape index (κ2) is 5.78. The second-order valence-corrected chi connectivity index (χ2v) is 4.98. The van der Waals surface area contributed by atoms with Gasteiger partial charge in [-0.3, -0.25) is 0 Å². The van der Waals surface area contributed by atoms with E-state index in [1.807, 2.05) is 18.4 Å². The first-order chi connectivity index (χ1) is 6.27. The van der Waals surface area contributed by atoms with Crippen molar-refractivity contribution in [2.75, 3.05) is 7.05 Å². The Morgan fingerprint density at radius 2 is 2.38 bits per heavy atom. The molecule has 1 aromatic rings. The van der Waals surface area contributed by atoms with E-state index in [0.29, 0.717) is 6.04 Å². The summed E-state index contributed by atoms with van der Waals surface area (Å²) in [6, 6.07) is 2.79. The van der Waals surface area contributed by atoms with Crippen molar-refractivity contribution in [2.24, 2.45) is 0 Å². The van der Waals surface area contributed by atoms with Crippen LogP contribution in [0.4, 0.5) is 0 Å². The maximum Gasteiger partial charge on any atom is 0.0314 e. The molecule has 1 aromatic heterocycles. The van der Waals surface area contributed by atoms with Gasteiger partial charge in [0.15, 0.2) is 0 Å². The minimum atomic E-state index is 0.661. The van der Waals surface area contributed by atoms with Crippen LogP contribution in [0.1, 0.15) is 24.6 Å². The summed E-state index contributed by atoms with van der Waals surface area (Å²) in [5, 5.41) is 5.46. The van der Waals surface area contributed by atoms with Gasteiger partial charge in [0.2, 0.25) is 0 Å². The summed E-state index contributed by atoms with van der Waals surface area (Å²) in [6.07, 6.45) is 3.61. The van der Waals surface area contributed by atoms with E-state index in [1.165, 1.54) is 28.6 Å². The first-order valence-corrected chi connectivity index (χ1v) is 6.34. The molecular formula is C10H16BrNS. The number of aryl methyl sites for hydroxylation is 1. The molecule has 1 heterocycles. The number of thiophene rings is 1. The minimum Gasteiger partial charge on any atom is -0.317 e. The standard InChI is InChI=1S/C10H16BrNS/c1-3-8(12-2)4-5-10-9(11)6-7-13-10/h6-8,12H,3-5H2,1-2H3. The summed E-state index contributed by atoms with van der Waals surface area (Å²) in [5.74, 6) is 0. The van der Waals surface area contributed by atoms with Gasteiger partial charge in [0.05, 0.1) is 0 Å². The second-order valence-electron chi connectivity index (χ2n) is 3.12. The molecule has 0 saturated carbocycles. The van der Waals surface area contributed by atoms with Crippen molar-refractivity contribution >= 4 is 27.3 Å². The molecule has 0 amide bonds. The van der Waals surface area contributed by atoms with Crippen molar-refractivity contribution in [1.82, 2.24) is 5.32 Å². The van der Waals surface area contributed by atoms with E-state index >= 15 is 0 Å². The van der Waals surface area contributed by atoms with E-state index in [-0.39, 0.29) is 0 Å². The van der Waals surface area contributed by atoms with E-state index < -0.39 is 0 Å². The maximum absolute atomic E-state index is 3.55. The van der Waals surface area contributed by atoms with Gasteiger partial charge in [0.25, 0.3) is 0 Å². The van der Waals surface area contributed by atoms with Crippen molar-refractivity contribution < 1.29 is 0 Å². The topological polar surface area (TPSA) is 12.0 Å². The van der Waals surface area contributed by atoms with Crippen molar-refractivity contribution in [2.45, 2.75) is 32.2 Å². The SMILES string of the molecule is CCC(CCc1sccc1Br)NC. The third-order valence-electron chi connectivity index (χ3n) is 2.31. The number of nitrogens with one attached hydrogen (secondary N) is 1. The Labute approximate surface area is 92.7 Å². The van der Waals surface area contributed by atoms with Crippen LogP contribution in [-0.4, -0.2) is 13.1 Å². The average molecular weight is 262 g/mol. The Kier molecular flexibility index (Phi) is 4.99. The van der Waals surface area contributed by atoms with Crippen LogP contribution in [0.25, 0.3) is 0 Å². The molecule has 0 aromatic carbocycles. The Bertz CT molecular complexity index is 243. The van der Waals surface area contributed by atoms with E-state index in [1.54, 1.807) is 0 Å². The molecule has 0 fully saturated rings. The molecular weight excluding hydrogens is 246 g/mol. The Morgan fingerprint density at radius 1 is 1.62 bits per heavy atom. The van der Waals surface area contributed by atoms with E-state index in [2.05, 4.69) is 39.6 Å². The summed E-state index contributed by atoms with van der Waals surface area (Å²) >= 11 is 5.39. The van der Waals surface area contributed by atoms with Crippen LogP contribution in [0.15, 0.2) is 15.9 Å². The summed E-state index contributed by atoms with van der Waals surface area (Å²) in [7, 11) is 2.04. The predicted molar refractivity (Wildman–Crippen MR) is 63.5 cm³/mol. The number of halogens is 1. The number of rotatable bonds is 5.